The van der Waals surface area contributed by atoms with Gasteiger partial charge in [-0.25, -0.2) is 4.79 Å². The number of benzene rings is 3. The van der Waals surface area contributed by atoms with Crippen molar-refractivity contribution in [1.29, 1.82) is 0 Å². The Morgan fingerprint density at radius 2 is 1.74 bits per heavy atom. The quantitative estimate of drug-likeness (QED) is 0.402. The molecule has 4 nitrogen and oxygen atoms in total. The van der Waals surface area contributed by atoms with E-state index in [0.717, 1.165) is 28.9 Å². The number of aromatic nitrogens is 1. The second kappa shape index (κ2) is 7.62. The number of H-pyrrole nitrogens is 1. The maximum Gasteiger partial charge on any atom is 0.322 e. The summed E-state index contributed by atoms with van der Waals surface area (Å²) >= 11 is 0. The molecule has 0 aliphatic carbocycles. The lowest BCUT2D eigenvalue weighted by atomic mass is 9.92. The molecule has 1 aliphatic rings. The highest BCUT2D eigenvalue weighted by Gasteiger charge is 2.34. The van der Waals surface area contributed by atoms with Crippen molar-refractivity contribution in [2.75, 3.05) is 11.9 Å². The van der Waals surface area contributed by atoms with E-state index in [2.05, 4.69) is 85.7 Å². The number of urea groups is 1. The zero-order valence-corrected chi connectivity index (χ0v) is 18.2. The van der Waals surface area contributed by atoms with Crippen LogP contribution < -0.4 is 5.32 Å². The first kappa shape index (κ1) is 19.4. The minimum Gasteiger partial charge on any atom is -0.356 e. The molecule has 156 valence electrons. The number of aryl methyl sites for hydroxylation is 3. The maximum atomic E-state index is 13.4. The van der Waals surface area contributed by atoms with Crippen LogP contribution in [0.5, 0.6) is 0 Å². The monoisotopic (exact) mass is 409 g/mol. The predicted octanol–water partition coefficient (Wildman–Crippen LogP) is 6.27. The van der Waals surface area contributed by atoms with Crippen molar-refractivity contribution in [3.8, 4) is 0 Å². The van der Waals surface area contributed by atoms with Crippen LogP contribution in [0.1, 0.15) is 39.6 Å². The fraction of sp³-hybridized carbons (Fsp3) is 0.222. The van der Waals surface area contributed by atoms with Crippen LogP contribution in [0.2, 0.25) is 0 Å². The van der Waals surface area contributed by atoms with Crippen LogP contribution in [0.4, 0.5) is 10.5 Å². The van der Waals surface area contributed by atoms with Crippen molar-refractivity contribution in [2.45, 2.75) is 33.2 Å². The summed E-state index contributed by atoms with van der Waals surface area (Å²) in [5, 5.41) is 4.38. The van der Waals surface area contributed by atoms with E-state index in [1.165, 1.54) is 27.6 Å². The third-order valence-electron chi connectivity index (χ3n) is 6.45. The van der Waals surface area contributed by atoms with Gasteiger partial charge in [0.25, 0.3) is 0 Å². The van der Waals surface area contributed by atoms with Crippen LogP contribution in [-0.2, 0) is 6.42 Å². The molecule has 0 bridgehead atoms. The summed E-state index contributed by atoms with van der Waals surface area (Å²) in [6, 6.07) is 22.7. The summed E-state index contributed by atoms with van der Waals surface area (Å²) in [7, 11) is 0. The lowest BCUT2D eigenvalue weighted by Crippen LogP contribution is -2.43. The Kier molecular flexibility index (Phi) is 4.78. The Morgan fingerprint density at radius 3 is 2.52 bits per heavy atom. The number of carbonyl (C=O) groups is 1. The topological polar surface area (TPSA) is 48.1 Å². The number of anilines is 1. The first-order chi connectivity index (χ1) is 15.0. The summed E-state index contributed by atoms with van der Waals surface area (Å²) in [6.45, 7) is 6.90. The number of carbonyl (C=O) groups excluding carboxylic acids is 1. The van der Waals surface area contributed by atoms with Gasteiger partial charge in [0.15, 0.2) is 0 Å². The number of amides is 2. The molecule has 1 aliphatic heterocycles. The fourth-order valence-corrected chi connectivity index (χ4v) is 4.57. The first-order valence-electron chi connectivity index (χ1n) is 10.8. The van der Waals surface area contributed by atoms with Gasteiger partial charge in [-0.15, -0.1) is 0 Å². The molecule has 4 heteroatoms. The largest absolute Gasteiger partial charge is 0.356 e. The average molecular weight is 410 g/mol. The third kappa shape index (κ3) is 3.48. The van der Waals surface area contributed by atoms with Gasteiger partial charge < -0.3 is 15.2 Å². The maximum absolute atomic E-state index is 13.4. The van der Waals surface area contributed by atoms with Gasteiger partial charge >= 0.3 is 6.03 Å². The van der Waals surface area contributed by atoms with E-state index in [1.54, 1.807) is 0 Å². The molecule has 5 rings (SSSR count). The molecule has 1 unspecified atom stereocenters. The first-order valence-corrected chi connectivity index (χ1v) is 10.8. The van der Waals surface area contributed by atoms with E-state index in [0.29, 0.717) is 6.54 Å². The molecule has 31 heavy (non-hydrogen) atoms. The molecule has 1 aromatic heterocycles. The summed E-state index contributed by atoms with van der Waals surface area (Å²) in [6.07, 6.45) is 0.835. The summed E-state index contributed by atoms with van der Waals surface area (Å²) < 4.78 is 0. The van der Waals surface area contributed by atoms with Gasteiger partial charge in [-0.2, -0.15) is 0 Å². The minimum atomic E-state index is -0.150. The van der Waals surface area contributed by atoms with Crippen molar-refractivity contribution in [1.82, 2.24) is 9.88 Å². The van der Waals surface area contributed by atoms with Gasteiger partial charge in [-0.05, 0) is 67.6 Å². The van der Waals surface area contributed by atoms with Crippen LogP contribution in [0.15, 0.2) is 66.7 Å². The number of nitrogens with one attached hydrogen (secondary N) is 2. The van der Waals surface area contributed by atoms with Crippen molar-refractivity contribution >= 4 is 22.6 Å². The molecule has 3 aromatic carbocycles. The van der Waals surface area contributed by atoms with E-state index >= 15 is 0 Å². The minimum absolute atomic E-state index is 0.0712. The SMILES string of the molecule is Cc1ccc(C2c3[nH]c4ccccc4c3CCN2C(=O)Nc2ccc(C)c(C)c2)cc1. The number of nitrogens with zero attached hydrogens (tertiary/aromatic N) is 1. The van der Waals surface area contributed by atoms with Gasteiger partial charge in [0.1, 0.15) is 0 Å². The van der Waals surface area contributed by atoms with Crippen LogP contribution in [0.25, 0.3) is 10.9 Å². The molecular formula is C27H27N3O. The van der Waals surface area contributed by atoms with E-state index in [9.17, 15) is 4.79 Å². The van der Waals surface area contributed by atoms with Gasteiger partial charge in [0, 0.05) is 28.8 Å². The molecule has 0 saturated carbocycles. The number of fused-ring (bicyclic) bond motifs is 3. The molecule has 4 aromatic rings. The normalized spacial score (nSPS) is 15.7. The third-order valence-corrected chi connectivity index (χ3v) is 6.45. The standard InChI is InChI=1S/C27H27N3O/c1-17-8-11-20(12-9-17)26-25-23(22-6-4-5-7-24(22)29-25)14-15-30(26)27(31)28-21-13-10-18(2)19(3)16-21/h4-13,16,26,29H,14-15H2,1-3H3,(H,28,31). The highest BCUT2D eigenvalue weighted by Crippen LogP contribution is 2.38. The van der Waals surface area contributed by atoms with E-state index in [1.807, 2.05) is 17.0 Å². The van der Waals surface area contributed by atoms with Gasteiger partial charge in [0.2, 0.25) is 0 Å². The zero-order valence-electron chi connectivity index (χ0n) is 18.2. The second-order valence-electron chi connectivity index (χ2n) is 8.55. The molecule has 2 N–H and O–H groups in total. The predicted molar refractivity (Wildman–Crippen MR) is 127 cm³/mol. The number of para-hydroxylation sites is 1. The molecule has 0 spiro atoms. The molecule has 0 radical (unpaired) electrons. The Bertz CT molecular complexity index is 1270. The van der Waals surface area contributed by atoms with Crippen LogP contribution in [0, 0.1) is 20.8 Å². The van der Waals surface area contributed by atoms with E-state index in [4.69, 9.17) is 0 Å². The summed E-state index contributed by atoms with van der Waals surface area (Å²) in [5.74, 6) is 0. The molecule has 2 amide bonds. The van der Waals surface area contributed by atoms with Gasteiger partial charge in [-0.3, -0.25) is 0 Å². The van der Waals surface area contributed by atoms with Crippen molar-refractivity contribution in [2.24, 2.45) is 0 Å². The average Bonchev–Trinajstić information content (AvgIpc) is 3.15. The second-order valence-corrected chi connectivity index (χ2v) is 8.55. The Morgan fingerprint density at radius 1 is 0.968 bits per heavy atom. The van der Waals surface area contributed by atoms with E-state index < -0.39 is 0 Å². The lowest BCUT2D eigenvalue weighted by Gasteiger charge is -2.36. The molecule has 2 heterocycles. The molecular weight excluding hydrogens is 382 g/mol. The fourth-order valence-electron chi connectivity index (χ4n) is 4.57. The van der Waals surface area contributed by atoms with Crippen LogP contribution in [-0.4, -0.2) is 22.5 Å². The molecule has 0 saturated heterocycles. The number of rotatable bonds is 2. The number of hydrogen-bond donors (Lipinski definition) is 2. The highest BCUT2D eigenvalue weighted by molar-refractivity contribution is 5.91. The van der Waals surface area contributed by atoms with Crippen molar-refractivity contribution in [3.63, 3.8) is 0 Å². The summed E-state index contributed by atoms with van der Waals surface area (Å²) in [5.41, 5.74) is 9.11. The molecule has 1 atom stereocenters. The Labute approximate surface area is 182 Å². The van der Waals surface area contributed by atoms with Crippen molar-refractivity contribution in [3.05, 3.63) is 100 Å². The Hall–Kier alpha value is -3.53. The summed E-state index contributed by atoms with van der Waals surface area (Å²) in [4.78, 5) is 19.0. The Balaban J connectivity index is 1.56. The zero-order chi connectivity index (χ0) is 21.5. The highest BCUT2D eigenvalue weighted by atomic mass is 16.2. The van der Waals surface area contributed by atoms with Crippen LogP contribution >= 0.6 is 0 Å². The smallest absolute Gasteiger partial charge is 0.322 e. The van der Waals surface area contributed by atoms with Gasteiger partial charge in [-0.1, -0.05) is 54.1 Å². The lowest BCUT2D eigenvalue weighted by molar-refractivity contribution is 0.193. The number of hydrogen-bond acceptors (Lipinski definition) is 1. The van der Waals surface area contributed by atoms with Crippen molar-refractivity contribution < 1.29 is 4.79 Å². The van der Waals surface area contributed by atoms with E-state index in [-0.39, 0.29) is 12.1 Å². The van der Waals surface area contributed by atoms with Gasteiger partial charge in [0.05, 0.1) is 6.04 Å². The molecule has 0 fully saturated rings. The number of aromatic amines is 1. The van der Waals surface area contributed by atoms with Crippen LogP contribution in [0.3, 0.4) is 0 Å².